The number of hydrogen-bond acceptors (Lipinski definition) is 7. The monoisotopic (exact) mass is 553 g/mol. The lowest BCUT2D eigenvalue weighted by molar-refractivity contribution is -0.141. The number of fused-ring (bicyclic) bond motifs is 1. The van der Waals surface area contributed by atoms with Crippen molar-refractivity contribution in [3.8, 4) is 17.2 Å². The summed E-state index contributed by atoms with van der Waals surface area (Å²) in [6.45, 7) is -0.0244. The van der Waals surface area contributed by atoms with Gasteiger partial charge in [-0.15, -0.1) is 0 Å². The Morgan fingerprint density at radius 2 is 1.64 bits per heavy atom. The summed E-state index contributed by atoms with van der Waals surface area (Å²) < 4.78 is 41.1. The van der Waals surface area contributed by atoms with E-state index in [0.29, 0.717) is 22.8 Å². The van der Waals surface area contributed by atoms with Crippen LogP contribution in [-0.2, 0) is 32.7 Å². The second kappa shape index (κ2) is 12.2. The maximum atomic E-state index is 13.8. The van der Waals surface area contributed by atoms with Gasteiger partial charge in [0.05, 0.1) is 19.9 Å². The van der Waals surface area contributed by atoms with Gasteiger partial charge < -0.3 is 24.4 Å². The number of amides is 2. The number of likely N-dealkylation sites (N-methyl/N-ethyl adjacent to an activating group) is 1. The van der Waals surface area contributed by atoms with E-state index in [1.54, 1.807) is 67.8 Å². The number of nitrogens with zero attached hydrogens (tertiary/aromatic N) is 2. The van der Waals surface area contributed by atoms with Gasteiger partial charge in [-0.3, -0.25) is 9.59 Å². The summed E-state index contributed by atoms with van der Waals surface area (Å²) in [6.07, 6.45) is 1.03. The molecule has 0 fully saturated rings. The Bertz CT molecular complexity index is 1410. The molecule has 3 aromatic carbocycles. The van der Waals surface area contributed by atoms with E-state index >= 15 is 0 Å². The van der Waals surface area contributed by atoms with Gasteiger partial charge in [-0.2, -0.15) is 4.31 Å². The Morgan fingerprint density at radius 3 is 2.31 bits per heavy atom. The predicted octanol–water partition coefficient (Wildman–Crippen LogP) is 2.70. The third-order valence-corrected chi connectivity index (χ3v) is 7.60. The van der Waals surface area contributed by atoms with Crippen LogP contribution in [0.5, 0.6) is 17.2 Å². The molecule has 1 heterocycles. The van der Waals surface area contributed by atoms with Crippen LogP contribution < -0.4 is 19.5 Å². The van der Waals surface area contributed by atoms with Crippen molar-refractivity contribution in [2.75, 3.05) is 33.8 Å². The Morgan fingerprint density at radius 1 is 0.974 bits per heavy atom. The van der Waals surface area contributed by atoms with Crippen molar-refractivity contribution in [2.45, 2.75) is 19.1 Å². The van der Waals surface area contributed by atoms with Crippen molar-refractivity contribution in [3.63, 3.8) is 0 Å². The highest BCUT2D eigenvalue weighted by molar-refractivity contribution is 7.88. The Balaban J connectivity index is 1.65. The first kappa shape index (κ1) is 27.9. The SMILES string of the molecule is COc1ccc(CN(C(=O)CN(C)S(C)(=O)=O)[C@H](C(=O)NCc2ccc3c(c2)OCO3)c2ccccc2)cc1. The van der Waals surface area contributed by atoms with Gasteiger partial charge in [0.25, 0.3) is 0 Å². The van der Waals surface area contributed by atoms with Crippen molar-refractivity contribution in [1.29, 1.82) is 0 Å². The van der Waals surface area contributed by atoms with Gasteiger partial charge in [0, 0.05) is 20.1 Å². The lowest BCUT2D eigenvalue weighted by Gasteiger charge is -2.32. The van der Waals surface area contributed by atoms with Crippen LogP contribution in [0.4, 0.5) is 0 Å². The smallest absolute Gasteiger partial charge is 0.247 e. The fraction of sp³-hybridized carbons (Fsp3) is 0.286. The van der Waals surface area contributed by atoms with E-state index in [-0.39, 0.29) is 19.9 Å². The fourth-order valence-corrected chi connectivity index (χ4v) is 4.44. The molecule has 0 saturated carbocycles. The minimum atomic E-state index is -3.63. The highest BCUT2D eigenvalue weighted by Gasteiger charge is 2.33. The summed E-state index contributed by atoms with van der Waals surface area (Å²) in [5, 5.41) is 2.93. The van der Waals surface area contributed by atoms with Crippen molar-refractivity contribution >= 4 is 21.8 Å². The predicted molar refractivity (Wildman–Crippen MR) is 145 cm³/mol. The minimum Gasteiger partial charge on any atom is -0.497 e. The Kier molecular flexibility index (Phi) is 8.72. The van der Waals surface area contributed by atoms with Gasteiger partial charge in [0.1, 0.15) is 11.8 Å². The van der Waals surface area contributed by atoms with Gasteiger partial charge in [-0.25, -0.2) is 8.42 Å². The minimum absolute atomic E-state index is 0.0669. The molecule has 0 unspecified atom stereocenters. The highest BCUT2D eigenvalue weighted by Crippen LogP contribution is 2.32. The number of benzene rings is 3. The van der Waals surface area contributed by atoms with E-state index in [1.807, 2.05) is 12.1 Å². The molecule has 1 atom stereocenters. The third-order valence-electron chi connectivity index (χ3n) is 6.34. The molecule has 1 aliphatic rings. The molecule has 0 aromatic heterocycles. The molecular formula is C28H31N3O7S. The largest absolute Gasteiger partial charge is 0.497 e. The van der Waals surface area contributed by atoms with E-state index < -0.39 is 34.4 Å². The summed E-state index contributed by atoms with van der Waals surface area (Å²) in [6, 6.07) is 20.4. The van der Waals surface area contributed by atoms with Crippen LogP contribution in [0.3, 0.4) is 0 Å². The molecule has 206 valence electrons. The molecule has 0 saturated heterocycles. The van der Waals surface area contributed by atoms with E-state index in [1.165, 1.54) is 11.9 Å². The Labute approximate surface area is 228 Å². The van der Waals surface area contributed by atoms with Gasteiger partial charge in [0.15, 0.2) is 11.5 Å². The molecule has 11 heteroatoms. The average Bonchev–Trinajstić information content (AvgIpc) is 3.40. The summed E-state index contributed by atoms with van der Waals surface area (Å²) in [5.41, 5.74) is 2.13. The molecule has 0 bridgehead atoms. The average molecular weight is 554 g/mol. The maximum Gasteiger partial charge on any atom is 0.247 e. The van der Waals surface area contributed by atoms with E-state index in [9.17, 15) is 18.0 Å². The highest BCUT2D eigenvalue weighted by atomic mass is 32.2. The maximum absolute atomic E-state index is 13.8. The zero-order valence-electron chi connectivity index (χ0n) is 22.0. The number of hydrogen-bond donors (Lipinski definition) is 1. The molecular weight excluding hydrogens is 522 g/mol. The molecule has 3 aromatic rings. The van der Waals surface area contributed by atoms with Crippen LogP contribution >= 0.6 is 0 Å². The van der Waals surface area contributed by atoms with E-state index in [0.717, 1.165) is 21.7 Å². The summed E-state index contributed by atoms with van der Waals surface area (Å²) in [4.78, 5) is 28.8. The lowest BCUT2D eigenvalue weighted by atomic mass is 10.0. The standard InChI is InChI=1S/C28H31N3O7S/c1-30(39(3,34)35)18-26(32)31(17-20-9-12-23(36-2)13-10-20)27(22-7-5-4-6-8-22)28(33)29-16-21-11-14-24-25(15-21)38-19-37-24/h4-15,27H,16-19H2,1-3H3,(H,29,33)/t27-/m0/s1. The topological polar surface area (TPSA) is 114 Å². The van der Waals surface area contributed by atoms with Crippen LogP contribution in [0, 0.1) is 0 Å². The van der Waals surface area contributed by atoms with Crippen molar-refractivity contribution in [3.05, 3.63) is 89.5 Å². The molecule has 10 nitrogen and oxygen atoms in total. The number of carbonyl (C=O) groups is 2. The van der Waals surface area contributed by atoms with Crippen LogP contribution in [0.2, 0.25) is 0 Å². The number of ether oxygens (including phenoxy) is 3. The quantitative estimate of drug-likeness (QED) is 0.388. The first-order valence-corrected chi connectivity index (χ1v) is 14.1. The first-order chi connectivity index (χ1) is 18.7. The van der Waals surface area contributed by atoms with Crippen molar-refractivity contribution in [2.24, 2.45) is 0 Å². The summed E-state index contributed by atoms with van der Waals surface area (Å²) in [5.74, 6) is 0.947. The normalized spacial score (nSPS) is 13.1. The number of methoxy groups -OCH3 is 1. The van der Waals surface area contributed by atoms with Crippen molar-refractivity contribution < 1.29 is 32.2 Å². The Hall–Kier alpha value is -4.09. The van der Waals surface area contributed by atoms with Gasteiger partial charge in [0.2, 0.25) is 28.6 Å². The first-order valence-electron chi connectivity index (χ1n) is 12.2. The van der Waals surface area contributed by atoms with Crippen molar-refractivity contribution in [1.82, 2.24) is 14.5 Å². The number of carbonyl (C=O) groups excluding carboxylic acids is 2. The van der Waals surface area contributed by atoms with Crippen LogP contribution in [0.1, 0.15) is 22.7 Å². The zero-order valence-corrected chi connectivity index (χ0v) is 22.8. The molecule has 0 aliphatic carbocycles. The molecule has 1 aliphatic heterocycles. The van der Waals surface area contributed by atoms with Gasteiger partial charge >= 0.3 is 0 Å². The molecule has 2 amide bonds. The van der Waals surface area contributed by atoms with Crippen LogP contribution in [0.25, 0.3) is 0 Å². The van der Waals surface area contributed by atoms with Gasteiger partial charge in [-0.1, -0.05) is 48.5 Å². The number of nitrogens with one attached hydrogen (secondary N) is 1. The molecule has 4 rings (SSSR count). The summed E-state index contributed by atoms with van der Waals surface area (Å²) >= 11 is 0. The second-order valence-electron chi connectivity index (χ2n) is 9.11. The van der Waals surface area contributed by atoms with Gasteiger partial charge in [-0.05, 0) is 41.0 Å². The molecule has 0 spiro atoms. The molecule has 1 N–H and O–H groups in total. The number of rotatable bonds is 11. The second-order valence-corrected chi connectivity index (χ2v) is 11.2. The van der Waals surface area contributed by atoms with E-state index in [2.05, 4.69) is 5.32 Å². The molecule has 0 radical (unpaired) electrons. The zero-order chi connectivity index (χ0) is 28.0. The van der Waals surface area contributed by atoms with Crippen LogP contribution in [-0.4, -0.2) is 63.2 Å². The molecule has 39 heavy (non-hydrogen) atoms. The summed E-state index contributed by atoms with van der Waals surface area (Å²) in [7, 11) is -0.742. The third kappa shape index (κ3) is 7.06. The fourth-order valence-electron chi connectivity index (χ4n) is 4.09. The van der Waals surface area contributed by atoms with E-state index in [4.69, 9.17) is 14.2 Å². The number of sulfonamides is 1. The lowest BCUT2D eigenvalue weighted by Crippen LogP contribution is -2.47. The van der Waals surface area contributed by atoms with Crippen LogP contribution in [0.15, 0.2) is 72.8 Å².